The van der Waals surface area contributed by atoms with Gasteiger partial charge < -0.3 is 25.4 Å². The summed E-state index contributed by atoms with van der Waals surface area (Å²) in [5.41, 5.74) is 1.97. The number of nitrogens with one attached hydrogen (secondary N) is 2. The Bertz CT molecular complexity index is 494. The number of amides is 1. The third kappa shape index (κ3) is 2.57. The van der Waals surface area contributed by atoms with Crippen LogP contribution in [0.15, 0.2) is 24.3 Å². The number of rotatable bonds is 2. The number of para-hydroxylation sites is 2. The van der Waals surface area contributed by atoms with Crippen molar-refractivity contribution in [3.63, 3.8) is 0 Å². The van der Waals surface area contributed by atoms with Crippen molar-refractivity contribution in [2.75, 3.05) is 43.5 Å². The van der Waals surface area contributed by atoms with E-state index < -0.39 is 0 Å². The van der Waals surface area contributed by atoms with Crippen molar-refractivity contribution in [1.29, 1.82) is 0 Å². The summed E-state index contributed by atoms with van der Waals surface area (Å²) in [6.45, 7) is 2.03. The highest BCUT2D eigenvalue weighted by molar-refractivity contribution is 5.88. The lowest BCUT2D eigenvalue weighted by molar-refractivity contribution is -0.140. The van der Waals surface area contributed by atoms with Gasteiger partial charge in [0.05, 0.1) is 30.7 Å². The number of benzene rings is 1. The summed E-state index contributed by atoms with van der Waals surface area (Å²) in [5, 5.41) is 15.7. The molecule has 108 valence electrons. The van der Waals surface area contributed by atoms with Crippen molar-refractivity contribution in [3.8, 4) is 0 Å². The lowest BCUT2D eigenvalue weighted by Crippen LogP contribution is -2.54. The van der Waals surface area contributed by atoms with Crippen LogP contribution in [-0.4, -0.2) is 60.9 Å². The number of nitrogens with zero attached hydrogens (tertiary/aromatic N) is 1. The van der Waals surface area contributed by atoms with Gasteiger partial charge in [-0.3, -0.25) is 4.79 Å². The van der Waals surface area contributed by atoms with Crippen LogP contribution in [0.5, 0.6) is 0 Å². The number of fused-ring (bicyclic) bond motifs is 1. The van der Waals surface area contributed by atoms with E-state index in [1.807, 2.05) is 24.3 Å². The molecule has 0 bridgehead atoms. The highest BCUT2D eigenvalue weighted by Crippen LogP contribution is 2.25. The molecule has 0 aliphatic carbocycles. The number of hydrogen-bond acceptors (Lipinski definition) is 5. The second-order valence-corrected chi connectivity index (χ2v) is 5.08. The van der Waals surface area contributed by atoms with Crippen LogP contribution < -0.4 is 10.6 Å². The Morgan fingerprint density at radius 2 is 2.20 bits per heavy atom. The summed E-state index contributed by atoms with van der Waals surface area (Å²) in [6.07, 6.45) is -0.267. The fraction of sp³-hybridized carbons (Fsp3) is 0.500. The van der Waals surface area contributed by atoms with Gasteiger partial charge >= 0.3 is 0 Å². The van der Waals surface area contributed by atoms with Gasteiger partial charge in [0.1, 0.15) is 6.04 Å². The molecule has 0 spiro atoms. The van der Waals surface area contributed by atoms with Crippen LogP contribution in [-0.2, 0) is 9.53 Å². The maximum absolute atomic E-state index is 12.5. The van der Waals surface area contributed by atoms with E-state index in [1.165, 1.54) is 0 Å². The predicted octanol–water partition coefficient (Wildman–Crippen LogP) is 0.112. The van der Waals surface area contributed by atoms with Crippen LogP contribution >= 0.6 is 0 Å². The minimum absolute atomic E-state index is 0.0498. The number of anilines is 2. The van der Waals surface area contributed by atoms with E-state index in [1.54, 1.807) is 4.90 Å². The lowest BCUT2D eigenvalue weighted by atomic mass is 10.1. The number of aliphatic hydroxyl groups excluding tert-OH is 1. The van der Waals surface area contributed by atoms with Crippen molar-refractivity contribution >= 4 is 17.3 Å². The van der Waals surface area contributed by atoms with Gasteiger partial charge in [0.15, 0.2) is 0 Å². The number of morpholine rings is 1. The molecule has 1 amide bonds. The molecule has 0 saturated carbocycles. The largest absolute Gasteiger partial charge is 0.394 e. The van der Waals surface area contributed by atoms with Gasteiger partial charge in [-0.1, -0.05) is 12.1 Å². The van der Waals surface area contributed by atoms with E-state index in [0.717, 1.165) is 11.4 Å². The van der Waals surface area contributed by atoms with E-state index in [-0.39, 0.29) is 24.7 Å². The Morgan fingerprint density at radius 3 is 3.00 bits per heavy atom. The molecular weight excluding hydrogens is 258 g/mol. The number of carbonyl (C=O) groups is 1. The zero-order valence-electron chi connectivity index (χ0n) is 11.2. The SMILES string of the molecule is O=C(C1CNc2ccccc2N1)N1CCOC(CO)C1. The summed E-state index contributed by atoms with van der Waals surface area (Å²) < 4.78 is 5.37. The summed E-state index contributed by atoms with van der Waals surface area (Å²) in [5.74, 6) is 0.0498. The molecule has 2 heterocycles. The second kappa shape index (κ2) is 5.68. The molecule has 3 rings (SSSR count). The van der Waals surface area contributed by atoms with E-state index in [4.69, 9.17) is 9.84 Å². The van der Waals surface area contributed by atoms with Crippen LogP contribution in [0.1, 0.15) is 0 Å². The van der Waals surface area contributed by atoms with Gasteiger partial charge in [0, 0.05) is 19.6 Å². The van der Waals surface area contributed by atoms with Crippen LogP contribution in [0.3, 0.4) is 0 Å². The average Bonchev–Trinajstić information content (AvgIpc) is 2.53. The molecule has 0 aromatic heterocycles. The smallest absolute Gasteiger partial charge is 0.247 e. The van der Waals surface area contributed by atoms with E-state index in [2.05, 4.69) is 10.6 Å². The van der Waals surface area contributed by atoms with Gasteiger partial charge in [-0.05, 0) is 12.1 Å². The van der Waals surface area contributed by atoms with Crippen molar-refractivity contribution in [3.05, 3.63) is 24.3 Å². The third-order valence-corrected chi connectivity index (χ3v) is 3.71. The Balaban J connectivity index is 1.67. The molecule has 20 heavy (non-hydrogen) atoms. The molecule has 1 fully saturated rings. The summed E-state index contributed by atoms with van der Waals surface area (Å²) in [7, 11) is 0. The Kier molecular flexibility index (Phi) is 3.75. The average molecular weight is 277 g/mol. The summed E-state index contributed by atoms with van der Waals surface area (Å²) in [6, 6.07) is 7.57. The van der Waals surface area contributed by atoms with Crippen LogP contribution in [0.4, 0.5) is 11.4 Å². The van der Waals surface area contributed by atoms with Crippen molar-refractivity contribution in [1.82, 2.24) is 4.90 Å². The van der Waals surface area contributed by atoms with Gasteiger partial charge in [-0.25, -0.2) is 0 Å². The van der Waals surface area contributed by atoms with Crippen LogP contribution in [0.2, 0.25) is 0 Å². The van der Waals surface area contributed by atoms with Crippen LogP contribution in [0, 0.1) is 0 Å². The molecule has 1 aromatic carbocycles. The Labute approximate surface area is 117 Å². The van der Waals surface area contributed by atoms with Gasteiger partial charge in [-0.2, -0.15) is 0 Å². The monoisotopic (exact) mass is 277 g/mol. The minimum atomic E-state index is -0.276. The summed E-state index contributed by atoms with van der Waals surface area (Å²) in [4.78, 5) is 14.3. The molecule has 6 nitrogen and oxygen atoms in total. The minimum Gasteiger partial charge on any atom is -0.394 e. The van der Waals surface area contributed by atoms with Gasteiger partial charge in [0.2, 0.25) is 5.91 Å². The second-order valence-electron chi connectivity index (χ2n) is 5.08. The highest BCUT2D eigenvalue weighted by Gasteiger charge is 2.31. The molecular formula is C14H19N3O3. The standard InChI is InChI=1S/C14H19N3O3/c18-9-10-8-17(5-6-20-10)14(19)13-7-15-11-3-1-2-4-12(11)16-13/h1-4,10,13,15-16,18H,5-9H2. The number of ether oxygens (including phenoxy) is 1. The number of hydrogen-bond donors (Lipinski definition) is 3. The molecule has 6 heteroatoms. The van der Waals surface area contributed by atoms with Crippen molar-refractivity contribution in [2.24, 2.45) is 0 Å². The maximum atomic E-state index is 12.5. The first-order valence-electron chi connectivity index (χ1n) is 6.88. The first-order chi connectivity index (χ1) is 9.78. The highest BCUT2D eigenvalue weighted by atomic mass is 16.5. The predicted molar refractivity (Wildman–Crippen MR) is 75.7 cm³/mol. The first-order valence-corrected chi connectivity index (χ1v) is 6.88. The zero-order chi connectivity index (χ0) is 13.9. The summed E-state index contributed by atoms with van der Waals surface area (Å²) >= 11 is 0. The lowest BCUT2D eigenvalue weighted by Gasteiger charge is -2.36. The Morgan fingerprint density at radius 1 is 1.40 bits per heavy atom. The molecule has 2 unspecified atom stereocenters. The molecule has 2 aliphatic heterocycles. The molecule has 1 aromatic rings. The van der Waals surface area contributed by atoms with E-state index in [9.17, 15) is 4.79 Å². The van der Waals surface area contributed by atoms with Crippen molar-refractivity contribution < 1.29 is 14.6 Å². The fourth-order valence-corrected chi connectivity index (χ4v) is 2.61. The molecule has 3 N–H and O–H groups in total. The molecule has 1 saturated heterocycles. The van der Waals surface area contributed by atoms with Crippen LogP contribution in [0.25, 0.3) is 0 Å². The normalized spacial score (nSPS) is 25.4. The first kappa shape index (κ1) is 13.2. The molecule has 2 atom stereocenters. The quantitative estimate of drug-likeness (QED) is 0.715. The Hall–Kier alpha value is -1.79. The third-order valence-electron chi connectivity index (χ3n) is 3.71. The van der Waals surface area contributed by atoms with Crippen molar-refractivity contribution in [2.45, 2.75) is 12.1 Å². The zero-order valence-corrected chi connectivity index (χ0v) is 11.2. The fourth-order valence-electron chi connectivity index (χ4n) is 2.61. The number of aliphatic hydroxyl groups is 1. The van der Waals surface area contributed by atoms with E-state index >= 15 is 0 Å². The topological polar surface area (TPSA) is 73.8 Å². The number of carbonyl (C=O) groups excluding carboxylic acids is 1. The van der Waals surface area contributed by atoms with E-state index in [0.29, 0.717) is 26.2 Å². The van der Waals surface area contributed by atoms with Gasteiger partial charge in [0.25, 0.3) is 0 Å². The molecule has 0 radical (unpaired) electrons. The maximum Gasteiger partial charge on any atom is 0.247 e. The molecule has 2 aliphatic rings. The van der Waals surface area contributed by atoms with Gasteiger partial charge in [-0.15, -0.1) is 0 Å².